The largest absolute Gasteiger partial charge is 0.289 e. The molecule has 0 N–H and O–H groups in total. The number of fused-ring (bicyclic) bond motifs is 2. The molecule has 0 saturated carbocycles. The molecule has 0 unspecified atom stereocenters. The molecule has 2 aliphatic rings. The highest BCUT2D eigenvalue weighted by Gasteiger charge is 2.32. The SMILES string of the molecule is O=C1C2=CC=C1C=C2.O=Pc1cccc(S(=O)(=O)c2ccc(Cl)cc2)c1S(=O)(=O)c1ccc(Cl)cc1. The molecule has 0 radical (unpaired) electrons. The van der Waals surface area contributed by atoms with Crippen molar-refractivity contribution in [3.8, 4) is 0 Å². The Morgan fingerprint density at radius 3 is 1.50 bits per heavy atom. The van der Waals surface area contributed by atoms with Crippen molar-refractivity contribution in [2.45, 2.75) is 19.6 Å². The van der Waals surface area contributed by atoms with Crippen LogP contribution in [0.1, 0.15) is 0 Å². The molecular weight excluding hydrogens is 562 g/mol. The Hall–Kier alpha value is -2.87. The van der Waals surface area contributed by atoms with Crippen LogP contribution in [-0.4, -0.2) is 22.6 Å². The highest BCUT2D eigenvalue weighted by Crippen LogP contribution is 2.32. The van der Waals surface area contributed by atoms with E-state index in [0.29, 0.717) is 10.0 Å². The van der Waals surface area contributed by atoms with E-state index in [1.165, 1.54) is 66.7 Å². The summed E-state index contributed by atoms with van der Waals surface area (Å²) >= 11 is 11.6. The number of carbonyl (C=O) groups is 1. The van der Waals surface area contributed by atoms with E-state index in [2.05, 4.69) is 0 Å². The van der Waals surface area contributed by atoms with Gasteiger partial charge < -0.3 is 0 Å². The second-order valence-corrected chi connectivity index (χ2v) is 12.9. The van der Waals surface area contributed by atoms with Gasteiger partial charge in [0.25, 0.3) is 0 Å². The summed E-state index contributed by atoms with van der Waals surface area (Å²) in [5, 5.41) is 0.493. The smallest absolute Gasteiger partial charge is 0.208 e. The fraction of sp³-hybridized carbons (Fsp3) is 0. The van der Waals surface area contributed by atoms with Crippen LogP contribution >= 0.6 is 31.7 Å². The van der Waals surface area contributed by atoms with Gasteiger partial charge in [0.15, 0.2) is 14.2 Å². The van der Waals surface area contributed by atoms with Crippen molar-refractivity contribution >= 4 is 62.4 Å². The quantitative estimate of drug-likeness (QED) is 0.368. The molecule has 11 heteroatoms. The van der Waals surface area contributed by atoms with E-state index < -0.39 is 37.9 Å². The maximum Gasteiger partial charge on any atom is 0.208 e. The van der Waals surface area contributed by atoms with E-state index >= 15 is 0 Å². The normalized spacial score (nSPS) is 14.3. The third-order valence-corrected chi connectivity index (χ3v) is 10.3. The molecule has 0 atom stereocenters. The number of benzene rings is 3. The zero-order chi connectivity index (χ0) is 26.1. The summed E-state index contributed by atoms with van der Waals surface area (Å²) in [5.41, 5.74) is 1.67. The third-order valence-electron chi connectivity index (χ3n) is 5.27. The lowest BCUT2D eigenvalue weighted by atomic mass is 10.2. The highest BCUT2D eigenvalue weighted by molar-refractivity contribution is 7.95. The molecule has 0 aromatic heterocycles. The summed E-state index contributed by atoms with van der Waals surface area (Å²) in [7, 11) is -9.15. The molecule has 0 aliphatic heterocycles. The number of allylic oxidation sites excluding steroid dienone is 6. The highest BCUT2D eigenvalue weighted by atomic mass is 35.5. The Balaban J connectivity index is 0.000000318. The Kier molecular flexibility index (Phi) is 7.46. The molecule has 0 saturated heterocycles. The van der Waals surface area contributed by atoms with Gasteiger partial charge in [-0.1, -0.05) is 53.6 Å². The van der Waals surface area contributed by atoms with Gasteiger partial charge in [-0.2, -0.15) is 0 Å². The van der Waals surface area contributed by atoms with Gasteiger partial charge in [0.1, 0.15) is 4.90 Å². The monoisotopic (exact) mass is 576 g/mol. The number of rotatable bonds is 5. The Morgan fingerprint density at radius 2 is 1.11 bits per heavy atom. The summed E-state index contributed by atoms with van der Waals surface area (Å²) < 4.78 is 64.3. The number of carbonyl (C=O) groups excluding carboxylic acids is 1. The molecule has 3 aromatic carbocycles. The van der Waals surface area contributed by atoms with Crippen LogP contribution in [0.5, 0.6) is 0 Å². The zero-order valence-corrected chi connectivity index (χ0v) is 22.2. The van der Waals surface area contributed by atoms with Crippen LogP contribution in [0.25, 0.3) is 0 Å². The maximum atomic E-state index is 13.2. The van der Waals surface area contributed by atoms with Crippen molar-refractivity contribution < 1.29 is 26.2 Å². The molecule has 3 aromatic rings. The number of hydrogen-bond donors (Lipinski definition) is 0. The predicted octanol–water partition coefficient (Wildman–Crippen LogP) is 5.57. The first-order chi connectivity index (χ1) is 17.1. The van der Waals surface area contributed by atoms with Gasteiger partial charge in [0.05, 0.1) is 20.0 Å². The first kappa shape index (κ1) is 26.2. The van der Waals surface area contributed by atoms with E-state index in [4.69, 9.17) is 23.2 Å². The van der Waals surface area contributed by atoms with E-state index in [1.54, 1.807) is 0 Å². The van der Waals surface area contributed by atoms with Crippen molar-refractivity contribution in [1.29, 1.82) is 0 Å². The predicted molar refractivity (Wildman–Crippen MR) is 138 cm³/mol. The Labute approximate surface area is 219 Å². The van der Waals surface area contributed by atoms with Crippen LogP contribution < -0.4 is 5.30 Å². The van der Waals surface area contributed by atoms with Gasteiger partial charge in [-0.05, 0) is 60.7 Å². The van der Waals surface area contributed by atoms with Gasteiger partial charge in [0.2, 0.25) is 19.7 Å². The molecule has 6 nitrogen and oxygen atoms in total. The number of halogens is 2. The minimum Gasteiger partial charge on any atom is -0.289 e. The van der Waals surface area contributed by atoms with Gasteiger partial charge in [-0.3, -0.25) is 9.36 Å². The van der Waals surface area contributed by atoms with Gasteiger partial charge in [-0.15, -0.1) is 0 Å². The van der Waals surface area contributed by atoms with Crippen LogP contribution in [0.3, 0.4) is 0 Å². The molecule has 2 aliphatic carbocycles. The average molecular weight is 577 g/mol. The fourth-order valence-electron chi connectivity index (χ4n) is 3.47. The number of Topliss-reactive ketones (excluding diaryl/α,β-unsaturated/α-hetero) is 1. The molecular formula is C25H15Cl2O6PS2. The van der Waals surface area contributed by atoms with E-state index in [1.807, 2.05) is 24.3 Å². The van der Waals surface area contributed by atoms with Crippen LogP contribution in [0, 0.1) is 0 Å². The minimum atomic E-state index is -4.30. The van der Waals surface area contributed by atoms with Gasteiger partial charge >= 0.3 is 0 Å². The van der Waals surface area contributed by atoms with Crippen molar-refractivity contribution in [3.05, 3.63) is 112 Å². The van der Waals surface area contributed by atoms with Crippen LogP contribution in [-0.2, 0) is 29.0 Å². The summed E-state index contributed by atoms with van der Waals surface area (Å²) in [6.07, 6.45) is 7.38. The number of sulfone groups is 2. The summed E-state index contributed by atoms with van der Waals surface area (Å²) in [4.78, 5) is 9.46. The molecule has 182 valence electrons. The standard InChI is InChI=1S/C18H11Cl2O5PS2.C7H4O/c19-12-4-8-14(9-5-12)27(22,23)17-3-1-2-16(26-21)18(17)28(24,25)15-10-6-13(20)7-11-15;8-7-5-1-2-6(7)4-3-5/h1-11H;1-4H. The fourth-order valence-corrected chi connectivity index (χ4v) is 8.04. The third kappa shape index (κ3) is 5.01. The second-order valence-electron chi connectivity index (χ2n) is 7.52. The van der Waals surface area contributed by atoms with Crippen molar-refractivity contribution in [3.63, 3.8) is 0 Å². The lowest BCUT2D eigenvalue weighted by Crippen LogP contribution is -2.17. The van der Waals surface area contributed by atoms with Gasteiger partial charge in [0, 0.05) is 21.2 Å². The summed E-state index contributed by atoms with van der Waals surface area (Å²) in [5.74, 6) is 0.185. The second kappa shape index (κ2) is 10.2. The molecule has 0 fully saturated rings. The molecule has 36 heavy (non-hydrogen) atoms. The van der Waals surface area contributed by atoms with E-state index in [-0.39, 0.29) is 20.9 Å². The Morgan fingerprint density at radius 1 is 0.639 bits per heavy atom. The first-order valence-electron chi connectivity index (χ1n) is 10.2. The molecule has 0 amide bonds. The van der Waals surface area contributed by atoms with Crippen molar-refractivity contribution in [2.75, 3.05) is 0 Å². The molecule has 0 spiro atoms. The molecule has 0 heterocycles. The summed E-state index contributed by atoms with van der Waals surface area (Å²) in [6, 6.07) is 14.4. The van der Waals surface area contributed by atoms with E-state index in [9.17, 15) is 26.2 Å². The zero-order valence-electron chi connectivity index (χ0n) is 18.1. The van der Waals surface area contributed by atoms with Crippen LogP contribution in [0.4, 0.5) is 0 Å². The average Bonchev–Trinajstić information content (AvgIpc) is 3.41. The molecule has 5 rings (SSSR count). The minimum absolute atomic E-state index is 0.135. The topological polar surface area (TPSA) is 102 Å². The maximum absolute atomic E-state index is 13.2. The lowest BCUT2D eigenvalue weighted by molar-refractivity contribution is -0.111. The van der Waals surface area contributed by atoms with Crippen LogP contribution in [0.15, 0.2) is 122 Å². The van der Waals surface area contributed by atoms with Crippen LogP contribution in [0.2, 0.25) is 10.0 Å². The summed E-state index contributed by atoms with van der Waals surface area (Å²) in [6.45, 7) is 0. The number of hydrogen-bond acceptors (Lipinski definition) is 6. The Bertz CT molecular complexity index is 1660. The first-order valence-corrected chi connectivity index (χ1v) is 14.7. The van der Waals surface area contributed by atoms with E-state index in [0.717, 1.165) is 11.1 Å². The molecule has 2 bridgehead atoms. The van der Waals surface area contributed by atoms with Crippen molar-refractivity contribution in [2.24, 2.45) is 0 Å². The van der Waals surface area contributed by atoms with Crippen molar-refractivity contribution in [1.82, 2.24) is 0 Å². The lowest BCUT2D eigenvalue weighted by Gasteiger charge is -2.13. The van der Waals surface area contributed by atoms with Gasteiger partial charge in [-0.25, -0.2) is 16.8 Å². The number of ketones is 1.